The van der Waals surface area contributed by atoms with Gasteiger partial charge >= 0.3 is 0 Å². The fourth-order valence-corrected chi connectivity index (χ4v) is 9.58. The van der Waals surface area contributed by atoms with Crippen LogP contribution in [-0.2, 0) is 19.1 Å². The van der Waals surface area contributed by atoms with Gasteiger partial charge in [-0.15, -0.1) is 11.8 Å². The van der Waals surface area contributed by atoms with E-state index in [0.29, 0.717) is 38.4 Å². The molecule has 10 heteroatoms. The van der Waals surface area contributed by atoms with Crippen LogP contribution in [0.15, 0.2) is 30.3 Å². The van der Waals surface area contributed by atoms with Crippen molar-refractivity contribution >= 4 is 35.2 Å². The number of fused-ring (bicyclic) bond motifs is 1. The fraction of sp³-hybridized carbons (Fsp3) is 0.690. The number of para-hydroxylation sites is 1. The Bertz CT molecular complexity index is 1070. The molecule has 39 heavy (non-hydrogen) atoms. The molecule has 9 nitrogen and oxygen atoms in total. The van der Waals surface area contributed by atoms with E-state index in [1.54, 1.807) is 16.7 Å². The molecule has 4 saturated heterocycles. The van der Waals surface area contributed by atoms with Gasteiger partial charge in [-0.25, -0.2) is 0 Å². The van der Waals surface area contributed by atoms with Crippen LogP contribution in [0.3, 0.4) is 0 Å². The van der Waals surface area contributed by atoms with Crippen LogP contribution < -0.4 is 10.6 Å². The summed E-state index contributed by atoms with van der Waals surface area (Å²) in [5, 5.41) is 16.6. The number of ether oxygens (including phenoxy) is 1. The third kappa shape index (κ3) is 4.98. The Morgan fingerprint density at radius 1 is 1.18 bits per heavy atom. The molecule has 3 amide bonds. The number of amides is 3. The minimum atomic E-state index is -0.729. The zero-order valence-electron chi connectivity index (χ0n) is 23.2. The zero-order chi connectivity index (χ0) is 27.8. The Balaban J connectivity index is 1.44. The molecule has 1 aromatic rings. The van der Waals surface area contributed by atoms with Gasteiger partial charge in [0.15, 0.2) is 0 Å². The van der Waals surface area contributed by atoms with Crippen LogP contribution in [-0.4, -0.2) is 100 Å². The highest BCUT2D eigenvalue weighted by atomic mass is 32.2. The number of carbonyl (C=O) groups is 3. The average molecular weight is 559 g/mol. The van der Waals surface area contributed by atoms with Crippen molar-refractivity contribution in [3.8, 4) is 0 Å². The van der Waals surface area contributed by atoms with E-state index in [0.717, 1.165) is 25.9 Å². The summed E-state index contributed by atoms with van der Waals surface area (Å²) in [4.78, 5) is 46.1. The lowest BCUT2D eigenvalue weighted by molar-refractivity contribution is -0.143. The number of carbonyl (C=O) groups excluding carboxylic acids is 3. The van der Waals surface area contributed by atoms with Crippen LogP contribution in [0.2, 0.25) is 0 Å². The van der Waals surface area contributed by atoms with Crippen molar-refractivity contribution in [1.29, 1.82) is 0 Å². The first-order chi connectivity index (χ1) is 18.8. The van der Waals surface area contributed by atoms with Crippen molar-refractivity contribution in [3.63, 3.8) is 0 Å². The van der Waals surface area contributed by atoms with Gasteiger partial charge in [-0.2, -0.15) is 0 Å². The van der Waals surface area contributed by atoms with Crippen molar-refractivity contribution in [2.75, 3.05) is 51.3 Å². The highest BCUT2D eigenvalue weighted by Gasteiger charge is 2.77. The molecule has 0 aliphatic carbocycles. The van der Waals surface area contributed by atoms with E-state index >= 15 is 0 Å². The molecule has 2 bridgehead atoms. The van der Waals surface area contributed by atoms with Crippen molar-refractivity contribution in [2.24, 2.45) is 17.8 Å². The summed E-state index contributed by atoms with van der Waals surface area (Å²) in [7, 11) is 0. The molecule has 0 aromatic heterocycles. The topological polar surface area (TPSA) is 111 Å². The summed E-state index contributed by atoms with van der Waals surface area (Å²) in [6, 6.07) is 8.10. The van der Waals surface area contributed by atoms with Crippen LogP contribution in [0, 0.1) is 17.8 Å². The quantitative estimate of drug-likeness (QED) is 0.403. The van der Waals surface area contributed by atoms with Gasteiger partial charge in [-0.1, -0.05) is 38.5 Å². The van der Waals surface area contributed by atoms with Gasteiger partial charge in [-0.05, 0) is 37.8 Å². The third-order valence-electron chi connectivity index (χ3n) is 9.46. The Kier molecular flexibility index (Phi) is 8.29. The summed E-state index contributed by atoms with van der Waals surface area (Å²) in [5.74, 6) is -1.69. The average Bonchev–Trinajstić information content (AvgIpc) is 3.51. The number of anilines is 1. The molecule has 0 radical (unpaired) electrons. The summed E-state index contributed by atoms with van der Waals surface area (Å²) in [5.41, 5.74) is 0.695. The standard InChI is InChI=1S/C29H42N4O5S/c1-4-19(2)21(18-34)33-24(26(36)30-12-13-32-14-16-38-17-15-32)29-11-10-28(3,39-29)22(23(29)27(33)37)25(35)31-20-8-6-5-7-9-20/h5-9,19,21-24,34H,4,10-18H2,1-3H3,(H,30,36)(H,31,35)/t19-,21-,22-,23-,24?,28+,29?/m0/s1. The van der Waals surface area contributed by atoms with Gasteiger partial charge in [0, 0.05) is 36.6 Å². The molecular weight excluding hydrogens is 516 g/mol. The highest BCUT2D eigenvalue weighted by molar-refractivity contribution is 8.02. The van der Waals surface area contributed by atoms with E-state index in [9.17, 15) is 19.5 Å². The van der Waals surface area contributed by atoms with Crippen molar-refractivity contribution < 1.29 is 24.2 Å². The number of hydrogen-bond acceptors (Lipinski definition) is 7. The van der Waals surface area contributed by atoms with E-state index in [1.165, 1.54) is 0 Å². The number of benzene rings is 1. The predicted molar refractivity (Wildman–Crippen MR) is 151 cm³/mol. The highest BCUT2D eigenvalue weighted by Crippen LogP contribution is 2.71. The number of hydrogen-bond donors (Lipinski definition) is 3. The molecule has 1 aromatic carbocycles. The van der Waals surface area contributed by atoms with Gasteiger partial charge in [0.1, 0.15) is 6.04 Å². The molecule has 4 aliphatic heterocycles. The molecule has 214 valence electrons. The SMILES string of the molecule is CC[C@H](C)[C@H](CO)N1C(=O)[C@@H]2[C@@H](C(=O)Nc3ccccc3)[C@@]3(C)CCC2(S3)C1C(=O)NCCN1CCOCC1. The molecule has 1 spiro atoms. The zero-order valence-corrected chi connectivity index (χ0v) is 24.0. The first kappa shape index (κ1) is 28.4. The van der Waals surface area contributed by atoms with Crippen molar-refractivity contribution in [3.05, 3.63) is 30.3 Å². The number of aliphatic hydroxyl groups excluding tert-OH is 1. The molecule has 0 saturated carbocycles. The molecule has 4 aliphatic rings. The molecule has 2 unspecified atom stereocenters. The largest absolute Gasteiger partial charge is 0.394 e. The Labute approximate surface area is 235 Å². The molecule has 4 heterocycles. The lowest BCUT2D eigenvalue weighted by Gasteiger charge is -2.39. The van der Waals surface area contributed by atoms with E-state index in [4.69, 9.17) is 4.74 Å². The van der Waals surface area contributed by atoms with E-state index < -0.39 is 33.4 Å². The number of nitrogens with zero attached hydrogens (tertiary/aromatic N) is 2. The van der Waals surface area contributed by atoms with Gasteiger partial charge in [0.2, 0.25) is 17.7 Å². The van der Waals surface area contributed by atoms with E-state index in [1.807, 2.05) is 44.2 Å². The summed E-state index contributed by atoms with van der Waals surface area (Å²) in [6.07, 6.45) is 2.21. The number of thioether (sulfide) groups is 1. The van der Waals surface area contributed by atoms with Crippen molar-refractivity contribution in [1.82, 2.24) is 15.1 Å². The maximum atomic E-state index is 14.4. The second-order valence-corrected chi connectivity index (χ2v) is 13.6. The second-order valence-electron chi connectivity index (χ2n) is 11.7. The number of likely N-dealkylation sites (tertiary alicyclic amines) is 1. The lowest BCUT2D eigenvalue weighted by Crippen LogP contribution is -2.58. The maximum Gasteiger partial charge on any atom is 0.244 e. The fourth-order valence-electron chi connectivity index (χ4n) is 7.24. The van der Waals surface area contributed by atoms with Gasteiger partial charge < -0.3 is 25.4 Å². The molecule has 4 fully saturated rings. The summed E-state index contributed by atoms with van der Waals surface area (Å²) in [6.45, 7) is 10.1. The van der Waals surface area contributed by atoms with Crippen LogP contribution in [0.5, 0.6) is 0 Å². The van der Waals surface area contributed by atoms with Gasteiger partial charge in [0.25, 0.3) is 0 Å². The Hall–Kier alpha value is -2.14. The minimum absolute atomic E-state index is 0.00667. The minimum Gasteiger partial charge on any atom is -0.394 e. The Morgan fingerprint density at radius 3 is 2.56 bits per heavy atom. The number of nitrogens with one attached hydrogen (secondary N) is 2. The van der Waals surface area contributed by atoms with Crippen LogP contribution in [0.25, 0.3) is 0 Å². The summed E-state index contributed by atoms with van der Waals surface area (Å²) >= 11 is 1.66. The third-order valence-corrected chi connectivity index (χ3v) is 11.4. The van der Waals surface area contributed by atoms with Gasteiger partial charge in [-0.3, -0.25) is 19.3 Å². The Morgan fingerprint density at radius 2 is 1.90 bits per heavy atom. The van der Waals surface area contributed by atoms with E-state index in [2.05, 4.69) is 22.5 Å². The maximum absolute atomic E-state index is 14.4. The number of morpholine rings is 1. The normalized spacial score (nSPS) is 33.6. The molecular formula is C29H42N4O5S. The predicted octanol–water partition coefficient (Wildman–Crippen LogP) is 1.96. The first-order valence-corrected chi connectivity index (χ1v) is 15.1. The number of rotatable bonds is 10. The number of aliphatic hydroxyl groups is 1. The van der Waals surface area contributed by atoms with Crippen molar-refractivity contribution in [2.45, 2.75) is 61.6 Å². The first-order valence-electron chi connectivity index (χ1n) is 14.3. The lowest BCUT2D eigenvalue weighted by atomic mass is 9.66. The van der Waals surface area contributed by atoms with Crippen LogP contribution >= 0.6 is 11.8 Å². The second kappa shape index (κ2) is 11.4. The summed E-state index contributed by atoms with van der Waals surface area (Å²) < 4.78 is 4.29. The molecule has 3 N–H and O–H groups in total. The van der Waals surface area contributed by atoms with Crippen LogP contribution in [0.4, 0.5) is 5.69 Å². The van der Waals surface area contributed by atoms with Gasteiger partial charge in [0.05, 0.1) is 42.4 Å². The monoisotopic (exact) mass is 558 g/mol. The smallest absolute Gasteiger partial charge is 0.244 e. The van der Waals surface area contributed by atoms with Crippen LogP contribution in [0.1, 0.15) is 40.0 Å². The molecule has 5 rings (SSSR count). The molecule has 7 atom stereocenters. The van der Waals surface area contributed by atoms with E-state index in [-0.39, 0.29) is 30.2 Å².